The summed E-state index contributed by atoms with van der Waals surface area (Å²) < 4.78 is 33.9. The lowest BCUT2D eigenvalue weighted by Crippen LogP contribution is -2.44. The summed E-state index contributed by atoms with van der Waals surface area (Å²) in [5.41, 5.74) is 3.77. The number of carbonyl (C=O) groups is 1. The van der Waals surface area contributed by atoms with Crippen molar-refractivity contribution in [2.75, 3.05) is 26.2 Å². The first-order valence-corrected chi connectivity index (χ1v) is 13.8. The van der Waals surface area contributed by atoms with Gasteiger partial charge in [0.05, 0.1) is 17.5 Å². The van der Waals surface area contributed by atoms with E-state index in [4.69, 9.17) is 4.74 Å². The van der Waals surface area contributed by atoms with Crippen molar-refractivity contribution in [1.29, 1.82) is 0 Å². The fourth-order valence-corrected chi connectivity index (χ4v) is 7.49. The Morgan fingerprint density at radius 1 is 0.971 bits per heavy atom. The Morgan fingerprint density at radius 2 is 1.59 bits per heavy atom. The van der Waals surface area contributed by atoms with Gasteiger partial charge in [0.15, 0.2) is 0 Å². The van der Waals surface area contributed by atoms with Crippen LogP contribution in [0.3, 0.4) is 0 Å². The van der Waals surface area contributed by atoms with Crippen molar-refractivity contribution >= 4 is 15.9 Å². The number of carbonyl (C=O) groups excluding carboxylic acids is 1. The molecule has 0 radical (unpaired) electrons. The molecule has 2 aliphatic rings. The van der Waals surface area contributed by atoms with Crippen molar-refractivity contribution in [3.05, 3.63) is 58.7 Å². The third kappa shape index (κ3) is 4.86. The average Bonchev–Trinajstić information content (AvgIpc) is 3.28. The molecular formula is C27H36N2O4S. The van der Waals surface area contributed by atoms with Gasteiger partial charge in [0.2, 0.25) is 15.9 Å². The van der Waals surface area contributed by atoms with Crippen LogP contribution in [0, 0.1) is 26.7 Å². The predicted octanol–water partition coefficient (Wildman–Crippen LogP) is 4.77. The quantitative estimate of drug-likeness (QED) is 0.592. The van der Waals surface area contributed by atoms with Crippen molar-refractivity contribution < 1.29 is 17.9 Å². The zero-order valence-electron chi connectivity index (χ0n) is 20.7. The van der Waals surface area contributed by atoms with Gasteiger partial charge in [0.1, 0.15) is 5.75 Å². The Morgan fingerprint density at radius 3 is 2.18 bits per heavy atom. The summed E-state index contributed by atoms with van der Waals surface area (Å²) in [4.78, 5) is 15.9. The maximum absolute atomic E-state index is 13.5. The van der Waals surface area contributed by atoms with Crippen LogP contribution in [0.2, 0.25) is 0 Å². The standard InChI is InChI=1S/C27H36N2O4S/c1-5-33-24-10-8-22(9-11-24)25-7-6-14-29(25)27(30)23-12-15-28(16-13-23)34(31,32)26-20(3)17-19(2)18-21(26)4/h8-11,17-18,23,25H,5-7,12-16H2,1-4H3/t25-/m1/s1. The van der Waals surface area contributed by atoms with Crippen molar-refractivity contribution in [2.24, 2.45) is 5.92 Å². The van der Waals surface area contributed by atoms with Crippen molar-refractivity contribution in [1.82, 2.24) is 9.21 Å². The van der Waals surface area contributed by atoms with Crippen LogP contribution >= 0.6 is 0 Å². The molecule has 0 bridgehead atoms. The molecule has 34 heavy (non-hydrogen) atoms. The number of piperidine rings is 1. The second-order valence-electron chi connectivity index (χ2n) is 9.60. The van der Waals surface area contributed by atoms with Crippen LogP contribution in [-0.4, -0.2) is 49.8 Å². The van der Waals surface area contributed by atoms with E-state index in [1.54, 1.807) is 4.31 Å². The molecule has 2 aromatic carbocycles. The van der Waals surface area contributed by atoms with Gasteiger partial charge in [-0.05, 0) is 82.2 Å². The molecule has 0 N–H and O–H groups in total. The van der Waals surface area contributed by atoms with E-state index in [2.05, 4.69) is 12.1 Å². The van der Waals surface area contributed by atoms with Crippen LogP contribution in [-0.2, 0) is 14.8 Å². The van der Waals surface area contributed by atoms with E-state index >= 15 is 0 Å². The van der Waals surface area contributed by atoms with E-state index in [0.717, 1.165) is 47.4 Å². The van der Waals surface area contributed by atoms with Gasteiger partial charge < -0.3 is 9.64 Å². The monoisotopic (exact) mass is 484 g/mol. The lowest BCUT2D eigenvalue weighted by molar-refractivity contribution is -0.137. The molecule has 0 spiro atoms. The minimum absolute atomic E-state index is 0.0859. The molecule has 1 atom stereocenters. The van der Waals surface area contributed by atoms with Gasteiger partial charge in [0.25, 0.3) is 0 Å². The summed E-state index contributed by atoms with van der Waals surface area (Å²) >= 11 is 0. The summed E-state index contributed by atoms with van der Waals surface area (Å²) in [7, 11) is -3.57. The number of amides is 1. The Kier molecular flexibility index (Phi) is 7.33. The van der Waals surface area contributed by atoms with Crippen LogP contribution in [0.5, 0.6) is 5.75 Å². The first-order valence-electron chi connectivity index (χ1n) is 12.3. The summed E-state index contributed by atoms with van der Waals surface area (Å²) in [6.07, 6.45) is 3.07. The summed E-state index contributed by atoms with van der Waals surface area (Å²) in [5.74, 6) is 0.876. The fraction of sp³-hybridized carbons (Fsp3) is 0.519. The number of nitrogens with zero attached hydrogens (tertiary/aromatic N) is 2. The molecule has 2 heterocycles. The third-order valence-corrected chi connectivity index (χ3v) is 9.32. The van der Waals surface area contributed by atoms with E-state index in [-0.39, 0.29) is 17.9 Å². The Hall–Kier alpha value is -2.38. The van der Waals surface area contributed by atoms with Gasteiger partial charge in [-0.15, -0.1) is 0 Å². The predicted molar refractivity (Wildman–Crippen MR) is 133 cm³/mol. The highest BCUT2D eigenvalue weighted by Crippen LogP contribution is 2.36. The number of hydrogen-bond donors (Lipinski definition) is 0. The molecule has 0 saturated carbocycles. The van der Waals surface area contributed by atoms with E-state index in [9.17, 15) is 13.2 Å². The number of rotatable bonds is 6. The van der Waals surface area contributed by atoms with Crippen LogP contribution < -0.4 is 4.74 Å². The maximum Gasteiger partial charge on any atom is 0.243 e. The molecule has 2 fully saturated rings. The minimum Gasteiger partial charge on any atom is -0.494 e. The second-order valence-corrected chi connectivity index (χ2v) is 11.5. The number of benzene rings is 2. The topological polar surface area (TPSA) is 66.9 Å². The van der Waals surface area contributed by atoms with Crippen LogP contribution in [0.25, 0.3) is 0 Å². The Balaban J connectivity index is 1.43. The highest BCUT2D eigenvalue weighted by molar-refractivity contribution is 7.89. The smallest absolute Gasteiger partial charge is 0.243 e. The van der Waals surface area contributed by atoms with Crippen molar-refractivity contribution in [2.45, 2.75) is 64.3 Å². The van der Waals surface area contributed by atoms with Gasteiger partial charge in [-0.1, -0.05) is 29.8 Å². The molecule has 0 unspecified atom stereocenters. The molecule has 184 valence electrons. The van der Waals surface area contributed by atoms with Crippen molar-refractivity contribution in [3.8, 4) is 5.75 Å². The zero-order valence-corrected chi connectivity index (χ0v) is 21.5. The van der Waals surface area contributed by atoms with E-state index in [1.165, 1.54) is 0 Å². The largest absolute Gasteiger partial charge is 0.494 e. The number of hydrogen-bond acceptors (Lipinski definition) is 4. The van der Waals surface area contributed by atoms with Gasteiger partial charge in [-0.25, -0.2) is 8.42 Å². The van der Waals surface area contributed by atoms with E-state index < -0.39 is 10.0 Å². The number of aryl methyl sites for hydroxylation is 3. The minimum atomic E-state index is -3.57. The van der Waals surface area contributed by atoms with Crippen LogP contribution in [0.1, 0.15) is 60.9 Å². The van der Waals surface area contributed by atoms with Gasteiger partial charge in [-0.3, -0.25) is 4.79 Å². The Bertz CT molecular complexity index is 1110. The Labute approximate surface area is 204 Å². The zero-order chi connectivity index (χ0) is 24.5. The molecule has 6 nitrogen and oxygen atoms in total. The molecule has 2 aromatic rings. The summed E-state index contributed by atoms with van der Waals surface area (Å²) in [6.45, 7) is 9.81. The van der Waals surface area contributed by atoms with E-state index in [1.807, 2.05) is 56.9 Å². The first kappa shape index (κ1) is 24.7. The summed E-state index contributed by atoms with van der Waals surface area (Å²) in [6, 6.07) is 12.0. The molecule has 4 rings (SSSR count). The molecule has 7 heteroatoms. The normalized spacial score (nSPS) is 20.0. The second kappa shape index (κ2) is 10.1. The lowest BCUT2D eigenvalue weighted by Gasteiger charge is -2.35. The van der Waals surface area contributed by atoms with Gasteiger partial charge >= 0.3 is 0 Å². The molecule has 0 aromatic heterocycles. The van der Waals surface area contributed by atoms with Crippen LogP contribution in [0.4, 0.5) is 0 Å². The maximum atomic E-state index is 13.5. The highest BCUT2D eigenvalue weighted by atomic mass is 32.2. The first-order chi connectivity index (χ1) is 16.2. The number of ether oxygens (including phenoxy) is 1. The molecule has 1 amide bonds. The molecular weight excluding hydrogens is 448 g/mol. The molecule has 2 aliphatic heterocycles. The van der Waals surface area contributed by atoms with Gasteiger partial charge in [0, 0.05) is 25.6 Å². The fourth-order valence-electron chi connectivity index (χ4n) is 5.61. The van der Waals surface area contributed by atoms with Crippen LogP contribution in [0.15, 0.2) is 41.3 Å². The number of sulfonamides is 1. The molecule has 0 aliphatic carbocycles. The summed E-state index contributed by atoms with van der Waals surface area (Å²) in [5, 5.41) is 0. The number of likely N-dealkylation sites (tertiary alicyclic amines) is 1. The average molecular weight is 485 g/mol. The molecule has 2 saturated heterocycles. The highest BCUT2D eigenvalue weighted by Gasteiger charge is 2.38. The lowest BCUT2D eigenvalue weighted by atomic mass is 9.95. The van der Waals surface area contributed by atoms with Gasteiger partial charge in [-0.2, -0.15) is 4.31 Å². The SMILES string of the molecule is CCOc1ccc([C@H]2CCCN2C(=O)C2CCN(S(=O)(=O)c3c(C)cc(C)cc3C)CC2)cc1. The van der Waals surface area contributed by atoms with E-state index in [0.29, 0.717) is 37.4 Å². The van der Waals surface area contributed by atoms with Crippen molar-refractivity contribution in [3.63, 3.8) is 0 Å². The third-order valence-electron chi connectivity index (χ3n) is 7.12.